The summed E-state index contributed by atoms with van der Waals surface area (Å²) in [6.07, 6.45) is 0. The van der Waals surface area contributed by atoms with Crippen molar-refractivity contribution in [2.75, 3.05) is 4.90 Å². The maximum atomic E-state index is 6.75. The van der Waals surface area contributed by atoms with Crippen LogP contribution in [0.1, 0.15) is 44.5 Å². The first-order valence-corrected chi connectivity index (χ1v) is 26.6. The Bertz CT molecular complexity index is 4250. The number of fused-ring (bicyclic) bond motifs is 18. The van der Waals surface area contributed by atoms with Gasteiger partial charge in [-0.25, -0.2) is 0 Å². The molecule has 0 unspecified atom stereocenters. The van der Waals surface area contributed by atoms with E-state index in [2.05, 4.69) is 290 Å². The van der Waals surface area contributed by atoms with Gasteiger partial charge in [0.1, 0.15) is 23.0 Å². The summed E-state index contributed by atoms with van der Waals surface area (Å²) in [4.78, 5) is 2.49. The van der Waals surface area contributed by atoms with Crippen LogP contribution < -0.4 is 14.4 Å². The van der Waals surface area contributed by atoms with Crippen molar-refractivity contribution in [3.63, 3.8) is 0 Å². The molecule has 0 N–H and O–H groups in total. The molecule has 0 amide bonds. The average molecular weight is 982 g/mol. The van der Waals surface area contributed by atoms with Crippen LogP contribution in [-0.4, -0.2) is 0 Å². The number of hydrogen-bond donors (Lipinski definition) is 0. The first-order chi connectivity index (χ1) is 38.2. The van der Waals surface area contributed by atoms with E-state index in [1.807, 2.05) is 0 Å². The summed E-state index contributed by atoms with van der Waals surface area (Å²) < 4.78 is 13.5. The van der Waals surface area contributed by atoms with Crippen LogP contribution in [0.2, 0.25) is 0 Å². The molecule has 3 heteroatoms. The van der Waals surface area contributed by atoms with Crippen LogP contribution in [0.5, 0.6) is 23.0 Å². The maximum absolute atomic E-state index is 6.75. The molecule has 4 aliphatic rings. The molecule has 0 bridgehead atoms. The molecule has 0 atom stereocenters. The summed E-state index contributed by atoms with van der Waals surface area (Å²) in [5, 5.41) is 0. The number of hydrogen-bond acceptors (Lipinski definition) is 3. The van der Waals surface area contributed by atoms with Gasteiger partial charge in [0, 0.05) is 39.2 Å². The Balaban J connectivity index is 0.911. The molecule has 0 saturated carbocycles. The largest absolute Gasteiger partial charge is 0.457 e. The van der Waals surface area contributed by atoms with Crippen molar-refractivity contribution >= 4 is 17.1 Å². The molecule has 360 valence electrons. The Kier molecular flexibility index (Phi) is 9.47. The molecule has 2 spiro atoms. The summed E-state index contributed by atoms with van der Waals surface area (Å²) in [5.41, 5.74) is 23.6. The molecule has 12 aromatic rings. The average Bonchev–Trinajstić information content (AvgIpc) is 3.87. The van der Waals surface area contributed by atoms with Gasteiger partial charge in [-0.05, 0) is 127 Å². The zero-order chi connectivity index (χ0) is 50.7. The van der Waals surface area contributed by atoms with Crippen molar-refractivity contribution in [1.29, 1.82) is 0 Å². The smallest absolute Gasteiger partial charge is 0.132 e. The zero-order valence-corrected chi connectivity index (χ0v) is 41.9. The molecule has 0 radical (unpaired) electrons. The second-order valence-corrected chi connectivity index (χ2v) is 20.6. The Hall–Kier alpha value is -9.96. The van der Waals surface area contributed by atoms with Gasteiger partial charge in [-0.3, -0.25) is 0 Å². The highest BCUT2D eigenvalue weighted by molar-refractivity contribution is 6.01. The minimum Gasteiger partial charge on any atom is -0.457 e. The lowest BCUT2D eigenvalue weighted by Crippen LogP contribution is -2.32. The maximum Gasteiger partial charge on any atom is 0.132 e. The molecule has 16 rings (SSSR count). The number of ether oxygens (including phenoxy) is 2. The molecule has 2 aliphatic carbocycles. The van der Waals surface area contributed by atoms with Gasteiger partial charge in [-0.1, -0.05) is 231 Å². The number of rotatable bonds is 6. The predicted octanol–water partition coefficient (Wildman–Crippen LogP) is 19.1. The van der Waals surface area contributed by atoms with Gasteiger partial charge < -0.3 is 14.4 Å². The summed E-state index contributed by atoms with van der Waals surface area (Å²) in [6, 6.07) is 104. The van der Waals surface area contributed by atoms with Crippen LogP contribution in [0.15, 0.2) is 285 Å². The van der Waals surface area contributed by atoms with E-state index < -0.39 is 10.8 Å². The van der Waals surface area contributed by atoms with Gasteiger partial charge in [-0.15, -0.1) is 0 Å². The highest BCUT2D eigenvalue weighted by atomic mass is 16.5. The molecule has 2 aliphatic heterocycles. The lowest BCUT2D eigenvalue weighted by atomic mass is 9.66. The molecule has 3 nitrogen and oxygen atoms in total. The summed E-state index contributed by atoms with van der Waals surface area (Å²) in [5.74, 6) is 3.53. The standard InChI is InChI=1S/C74H47NO2/c1-2-19-48(20-3-1)49-39-41-50(42-40-49)51-43-45-53(46-44-51)75(66-34-18-33-65-72(66)57-24-5-7-27-59(57)74(65)62-30-10-14-37-69(62)77-70-38-15-11-31-63(70)74)54-22-16-21-52(47-54)55-25-17-32-64-71(55)56-23-4-6-26-58(56)73(64)60-28-8-12-35-67(60)76-68-36-13-9-29-61(68)73/h1-47H. The van der Waals surface area contributed by atoms with Crippen LogP contribution in [0.3, 0.4) is 0 Å². The van der Waals surface area contributed by atoms with E-state index in [0.717, 1.165) is 73.4 Å². The molecule has 0 fully saturated rings. The zero-order valence-electron chi connectivity index (χ0n) is 41.9. The van der Waals surface area contributed by atoms with Crippen molar-refractivity contribution in [3.8, 4) is 78.6 Å². The van der Waals surface area contributed by atoms with Crippen molar-refractivity contribution < 1.29 is 9.47 Å². The van der Waals surface area contributed by atoms with Crippen LogP contribution in [0.4, 0.5) is 17.1 Å². The van der Waals surface area contributed by atoms with E-state index in [4.69, 9.17) is 9.47 Å². The van der Waals surface area contributed by atoms with Crippen LogP contribution in [-0.2, 0) is 10.8 Å². The van der Waals surface area contributed by atoms with E-state index in [1.54, 1.807) is 0 Å². The molecular formula is C74H47NO2. The van der Waals surface area contributed by atoms with E-state index >= 15 is 0 Å². The molecule has 2 heterocycles. The van der Waals surface area contributed by atoms with Gasteiger partial charge in [0.15, 0.2) is 0 Å². The van der Waals surface area contributed by atoms with Gasteiger partial charge in [0.05, 0.1) is 16.5 Å². The van der Waals surface area contributed by atoms with E-state index in [0.29, 0.717) is 0 Å². The quantitative estimate of drug-likeness (QED) is 0.166. The van der Waals surface area contributed by atoms with Crippen molar-refractivity contribution in [1.82, 2.24) is 0 Å². The van der Waals surface area contributed by atoms with Gasteiger partial charge in [0.2, 0.25) is 0 Å². The topological polar surface area (TPSA) is 21.7 Å². The SMILES string of the molecule is c1ccc(-c2ccc(-c3ccc(N(c4cccc(-c5cccc6c5-c5ccccc5C65c6ccccc6Oc6ccccc65)c4)c4cccc5c4-c4ccccc4C54c5ccccc5Oc5ccccc54)cc3)cc2)cc1. The summed E-state index contributed by atoms with van der Waals surface area (Å²) in [6.45, 7) is 0. The van der Waals surface area contributed by atoms with Crippen molar-refractivity contribution in [2.45, 2.75) is 10.8 Å². The molecular weight excluding hydrogens is 935 g/mol. The summed E-state index contributed by atoms with van der Waals surface area (Å²) >= 11 is 0. The van der Waals surface area contributed by atoms with Gasteiger partial charge in [0.25, 0.3) is 0 Å². The molecule has 77 heavy (non-hydrogen) atoms. The second kappa shape index (κ2) is 16.8. The fourth-order valence-corrected chi connectivity index (χ4v) is 13.7. The fraction of sp³-hybridized carbons (Fsp3) is 0.0270. The molecule has 12 aromatic carbocycles. The normalized spacial score (nSPS) is 13.9. The third-order valence-corrected chi connectivity index (χ3v) is 16.8. The Morgan fingerprint density at radius 1 is 0.234 bits per heavy atom. The minimum atomic E-state index is -0.619. The first-order valence-electron chi connectivity index (χ1n) is 26.6. The number of benzene rings is 12. The number of nitrogens with zero attached hydrogens (tertiary/aromatic N) is 1. The monoisotopic (exact) mass is 981 g/mol. The van der Waals surface area contributed by atoms with Crippen LogP contribution >= 0.6 is 0 Å². The van der Waals surface area contributed by atoms with Gasteiger partial charge in [-0.2, -0.15) is 0 Å². The highest BCUT2D eigenvalue weighted by Gasteiger charge is 2.53. The third kappa shape index (κ3) is 6.14. The first kappa shape index (κ1) is 43.4. The van der Waals surface area contributed by atoms with Gasteiger partial charge >= 0.3 is 0 Å². The molecule has 0 saturated heterocycles. The lowest BCUT2D eigenvalue weighted by molar-refractivity contribution is 0.436. The van der Waals surface area contributed by atoms with Crippen LogP contribution in [0.25, 0.3) is 55.6 Å². The van der Waals surface area contributed by atoms with Crippen LogP contribution in [0, 0.1) is 0 Å². The molecule has 0 aromatic heterocycles. The fourth-order valence-electron chi connectivity index (χ4n) is 13.7. The Morgan fingerprint density at radius 2 is 0.597 bits per heavy atom. The Labute approximate surface area is 448 Å². The number of para-hydroxylation sites is 4. The summed E-state index contributed by atoms with van der Waals surface area (Å²) in [7, 11) is 0. The third-order valence-electron chi connectivity index (χ3n) is 16.8. The predicted molar refractivity (Wildman–Crippen MR) is 312 cm³/mol. The Morgan fingerprint density at radius 3 is 1.13 bits per heavy atom. The van der Waals surface area contributed by atoms with E-state index in [1.165, 1.54) is 66.8 Å². The second-order valence-electron chi connectivity index (χ2n) is 20.6. The van der Waals surface area contributed by atoms with Crippen molar-refractivity contribution in [3.05, 3.63) is 330 Å². The number of anilines is 3. The van der Waals surface area contributed by atoms with E-state index in [-0.39, 0.29) is 0 Å². The minimum absolute atomic E-state index is 0.573. The van der Waals surface area contributed by atoms with Crippen molar-refractivity contribution in [2.24, 2.45) is 0 Å². The van der Waals surface area contributed by atoms with E-state index in [9.17, 15) is 0 Å². The highest BCUT2D eigenvalue weighted by Crippen LogP contribution is 2.66. The lowest BCUT2D eigenvalue weighted by Gasteiger charge is -2.39.